The number of hydrogen-bond donors (Lipinski definition) is 3. The summed E-state index contributed by atoms with van der Waals surface area (Å²) < 4.78 is 11.5. The second-order valence-electron chi connectivity index (χ2n) is 6.78. The van der Waals surface area contributed by atoms with Gasteiger partial charge in [0.2, 0.25) is 12.2 Å². The van der Waals surface area contributed by atoms with Crippen LogP contribution >= 0.6 is 0 Å². The molecular weight excluding hydrogens is 368 g/mol. The lowest BCUT2D eigenvalue weighted by Crippen LogP contribution is -2.33. The van der Waals surface area contributed by atoms with Gasteiger partial charge >= 0.3 is 0 Å². The molecule has 0 amide bonds. The van der Waals surface area contributed by atoms with Crippen LogP contribution in [0, 0.1) is 11.3 Å². The number of ether oxygens (including phenoxy) is 2. The van der Waals surface area contributed by atoms with E-state index in [0.717, 1.165) is 16.7 Å². The molecule has 0 aliphatic carbocycles. The van der Waals surface area contributed by atoms with Crippen molar-refractivity contribution >= 4 is 5.76 Å². The molecule has 29 heavy (non-hydrogen) atoms. The molecule has 0 saturated heterocycles. The van der Waals surface area contributed by atoms with Crippen molar-refractivity contribution in [3.63, 3.8) is 0 Å². The number of rotatable bonds is 2. The maximum atomic E-state index is 10.7. The molecule has 142 valence electrons. The zero-order valence-corrected chi connectivity index (χ0v) is 15.2. The number of hydrogen-bond acceptors (Lipinski definition) is 6. The van der Waals surface area contributed by atoms with E-state index in [-0.39, 0.29) is 11.5 Å². The highest BCUT2D eigenvalue weighted by atomic mass is 16.6. The first-order valence-corrected chi connectivity index (χ1v) is 9.02. The molecule has 0 bridgehead atoms. The Morgan fingerprint density at radius 1 is 1.10 bits per heavy atom. The Hall–Kier alpha value is -4.02. The zero-order chi connectivity index (χ0) is 20.0. The number of aliphatic hydroxyl groups is 1. The predicted molar refractivity (Wildman–Crippen MR) is 105 cm³/mol. The smallest absolute Gasteiger partial charge is 0.225 e. The monoisotopic (exact) mass is 384 g/mol. The van der Waals surface area contributed by atoms with Crippen LogP contribution in [-0.4, -0.2) is 21.6 Å². The van der Waals surface area contributed by atoms with Gasteiger partial charge in [-0.15, -0.1) is 0 Å². The van der Waals surface area contributed by atoms with Crippen molar-refractivity contribution < 1.29 is 14.6 Å². The quantitative estimate of drug-likeness (QED) is 0.625. The predicted octanol–water partition coefficient (Wildman–Crippen LogP) is 3.01. The summed E-state index contributed by atoms with van der Waals surface area (Å²) in [5.74, 6) is 0.380. The number of nitrogens with one attached hydrogen (secondary N) is 1. The Morgan fingerprint density at radius 3 is 2.62 bits per heavy atom. The van der Waals surface area contributed by atoms with Crippen LogP contribution in [0.2, 0.25) is 0 Å². The average molecular weight is 384 g/mol. The summed E-state index contributed by atoms with van der Waals surface area (Å²) in [7, 11) is 0. The molecule has 0 fully saturated rings. The fourth-order valence-corrected chi connectivity index (χ4v) is 3.80. The van der Waals surface area contributed by atoms with Crippen molar-refractivity contribution in [2.45, 2.75) is 12.2 Å². The number of allylic oxidation sites excluding steroid dienone is 1. The van der Waals surface area contributed by atoms with Gasteiger partial charge in [-0.1, -0.05) is 36.4 Å². The zero-order valence-electron chi connectivity index (χ0n) is 15.2. The molecule has 5 rings (SSSR count). The van der Waals surface area contributed by atoms with Crippen LogP contribution in [0.5, 0.6) is 5.75 Å². The Kier molecular flexibility index (Phi) is 3.86. The van der Waals surface area contributed by atoms with Gasteiger partial charge in [0.25, 0.3) is 0 Å². The normalized spacial score (nSPS) is 20.3. The molecule has 3 heterocycles. The molecule has 7 nitrogen and oxygen atoms in total. The second-order valence-corrected chi connectivity index (χ2v) is 6.78. The van der Waals surface area contributed by atoms with Crippen molar-refractivity contribution in [3.05, 3.63) is 89.1 Å². The van der Waals surface area contributed by atoms with Crippen LogP contribution in [-0.2, 0) is 4.74 Å². The topological polar surface area (TPSA) is 117 Å². The SMILES string of the molecule is N#CC1=C(N)OC2=C(C(O)Oc3ccccc32)C1c1ccc(-c2cn[nH]c2)cc1. The molecule has 1 aromatic heterocycles. The Morgan fingerprint density at radius 2 is 1.90 bits per heavy atom. The lowest BCUT2D eigenvalue weighted by molar-refractivity contribution is 0.00467. The van der Waals surface area contributed by atoms with E-state index in [1.807, 2.05) is 42.5 Å². The summed E-state index contributed by atoms with van der Waals surface area (Å²) in [4.78, 5) is 0. The van der Waals surface area contributed by atoms with E-state index in [1.165, 1.54) is 0 Å². The average Bonchev–Trinajstić information content (AvgIpc) is 3.28. The number of fused-ring (bicyclic) bond motifs is 2. The molecule has 7 heteroatoms. The summed E-state index contributed by atoms with van der Waals surface area (Å²) in [6.45, 7) is 0. The maximum absolute atomic E-state index is 10.7. The number of aromatic amines is 1. The minimum absolute atomic E-state index is 0.0269. The van der Waals surface area contributed by atoms with E-state index in [4.69, 9.17) is 15.2 Å². The number of nitriles is 1. The number of H-pyrrole nitrogens is 1. The van der Waals surface area contributed by atoms with Crippen molar-refractivity contribution in [3.8, 4) is 22.9 Å². The van der Waals surface area contributed by atoms with Gasteiger partial charge in [0.05, 0.1) is 23.3 Å². The molecule has 0 radical (unpaired) electrons. The highest BCUT2D eigenvalue weighted by molar-refractivity contribution is 5.76. The number of para-hydroxylation sites is 1. The first-order chi connectivity index (χ1) is 14.2. The maximum Gasteiger partial charge on any atom is 0.225 e. The van der Waals surface area contributed by atoms with E-state index >= 15 is 0 Å². The van der Waals surface area contributed by atoms with E-state index in [0.29, 0.717) is 22.6 Å². The third kappa shape index (κ3) is 2.66. The number of aliphatic hydroxyl groups excluding tert-OH is 1. The first kappa shape index (κ1) is 17.1. The van der Waals surface area contributed by atoms with Crippen LogP contribution < -0.4 is 10.5 Å². The highest BCUT2D eigenvalue weighted by Gasteiger charge is 2.41. The van der Waals surface area contributed by atoms with Crippen LogP contribution in [0.4, 0.5) is 0 Å². The van der Waals surface area contributed by atoms with E-state index in [9.17, 15) is 10.4 Å². The van der Waals surface area contributed by atoms with Gasteiger partial charge in [-0.05, 0) is 23.3 Å². The van der Waals surface area contributed by atoms with Gasteiger partial charge in [-0.25, -0.2) is 0 Å². The number of aromatic nitrogens is 2. The molecule has 2 unspecified atom stereocenters. The number of nitrogens with two attached hydrogens (primary N) is 1. The molecule has 2 aliphatic rings. The standard InChI is InChI=1S/C22H16N4O3/c23-9-16-18(13-7-5-12(6-8-13)14-10-25-26-11-14)19-20(29-21(16)24)15-3-1-2-4-17(15)28-22(19)27/h1-8,10-11,18,22,27H,24H2,(H,25,26). The lowest BCUT2D eigenvalue weighted by atomic mass is 9.80. The van der Waals surface area contributed by atoms with Gasteiger partial charge in [-0.2, -0.15) is 10.4 Å². The van der Waals surface area contributed by atoms with Crippen molar-refractivity contribution in [2.75, 3.05) is 0 Å². The third-order valence-corrected chi connectivity index (χ3v) is 5.17. The summed E-state index contributed by atoms with van der Waals surface area (Å²) in [5.41, 5.74) is 10.2. The summed E-state index contributed by atoms with van der Waals surface area (Å²) in [6, 6.07) is 17.1. The Bertz CT molecular complexity index is 1190. The van der Waals surface area contributed by atoms with Crippen LogP contribution in [0.3, 0.4) is 0 Å². The molecule has 4 N–H and O–H groups in total. The van der Waals surface area contributed by atoms with Crippen LogP contribution in [0.1, 0.15) is 17.0 Å². The van der Waals surface area contributed by atoms with Crippen molar-refractivity contribution in [2.24, 2.45) is 5.73 Å². The van der Waals surface area contributed by atoms with Crippen molar-refractivity contribution in [1.82, 2.24) is 10.2 Å². The minimum atomic E-state index is -1.25. The fourth-order valence-electron chi connectivity index (χ4n) is 3.80. The van der Waals surface area contributed by atoms with Crippen LogP contribution in [0.25, 0.3) is 16.9 Å². The summed E-state index contributed by atoms with van der Waals surface area (Å²) in [5, 5.41) is 27.2. The molecule has 3 aromatic rings. The van der Waals surface area contributed by atoms with Gasteiger partial charge in [0.15, 0.2) is 0 Å². The molecular formula is C22H16N4O3. The minimum Gasteiger partial charge on any atom is -0.460 e. The third-order valence-electron chi connectivity index (χ3n) is 5.17. The summed E-state index contributed by atoms with van der Waals surface area (Å²) >= 11 is 0. The Balaban J connectivity index is 1.66. The number of nitrogens with zero attached hydrogens (tertiary/aromatic N) is 2. The fraction of sp³-hybridized carbons (Fsp3) is 0.0909. The molecule has 0 saturated carbocycles. The van der Waals surface area contributed by atoms with Crippen LogP contribution in [0.15, 0.2) is 78.0 Å². The lowest BCUT2D eigenvalue weighted by Gasteiger charge is -2.35. The molecule has 0 spiro atoms. The second kappa shape index (κ2) is 6.55. The first-order valence-electron chi connectivity index (χ1n) is 9.02. The van der Waals surface area contributed by atoms with Crippen molar-refractivity contribution in [1.29, 1.82) is 5.26 Å². The van der Waals surface area contributed by atoms with Gasteiger partial charge in [0.1, 0.15) is 23.2 Å². The number of benzene rings is 2. The molecule has 2 aliphatic heterocycles. The molecule has 2 aromatic carbocycles. The largest absolute Gasteiger partial charge is 0.460 e. The van der Waals surface area contributed by atoms with Gasteiger partial charge in [0, 0.05) is 11.8 Å². The summed E-state index contributed by atoms with van der Waals surface area (Å²) in [6.07, 6.45) is 2.28. The highest BCUT2D eigenvalue weighted by Crippen LogP contribution is 2.48. The van der Waals surface area contributed by atoms with Gasteiger partial charge in [-0.3, -0.25) is 5.10 Å². The van der Waals surface area contributed by atoms with Gasteiger partial charge < -0.3 is 20.3 Å². The van der Waals surface area contributed by atoms with E-state index in [2.05, 4.69) is 16.3 Å². The van der Waals surface area contributed by atoms with E-state index < -0.39 is 12.2 Å². The molecule has 2 atom stereocenters. The Labute approximate surface area is 166 Å². The van der Waals surface area contributed by atoms with E-state index in [1.54, 1.807) is 18.5 Å².